The molecule has 1 aromatic heterocycles. The lowest BCUT2D eigenvalue weighted by molar-refractivity contribution is 0.0414. The molecule has 1 aromatic carbocycles. The summed E-state index contributed by atoms with van der Waals surface area (Å²) in [6, 6.07) is 2.25. The Bertz CT molecular complexity index is 1040. The van der Waals surface area contributed by atoms with Gasteiger partial charge in [-0.15, -0.1) is 0 Å². The van der Waals surface area contributed by atoms with E-state index in [0.29, 0.717) is 13.2 Å². The Labute approximate surface area is 172 Å². The normalized spacial score (nSPS) is 14.2. The zero-order valence-electron chi connectivity index (χ0n) is 16.6. The number of fused-ring (bicyclic) bond motifs is 1. The number of esters is 1. The van der Waals surface area contributed by atoms with Gasteiger partial charge in [0.1, 0.15) is 16.9 Å². The van der Waals surface area contributed by atoms with Gasteiger partial charge in [-0.2, -0.15) is 0 Å². The predicted octanol–water partition coefficient (Wildman–Crippen LogP) is 1.96. The number of amides is 1. The number of quaternary nitrogens is 1. The molecule has 2 aromatic rings. The zero-order valence-corrected chi connectivity index (χ0v) is 17.4. The number of carbonyl (C=O) groups excluding carboxylic acids is 2. The van der Waals surface area contributed by atoms with Crippen molar-refractivity contribution in [2.75, 3.05) is 32.9 Å². The molecule has 13 heteroatoms. The molecular formula is C17H22N2O10S. The Morgan fingerprint density at radius 1 is 1.20 bits per heavy atom. The first-order valence-electron chi connectivity index (χ1n) is 8.63. The second-order valence-electron chi connectivity index (χ2n) is 6.01. The van der Waals surface area contributed by atoms with Gasteiger partial charge in [-0.1, -0.05) is 0 Å². The largest absolute Gasteiger partial charge is 0.716 e. The molecule has 1 aliphatic rings. The van der Waals surface area contributed by atoms with E-state index in [1.165, 1.54) is 17.9 Å². The second-order valence-corrected chi connectivity index (χ2v) is 6.99. The third kappa shape index (κ3) is 5.18. The Kier molecular flexibility index (Phi) is 7.25. The van der Waals surface area contributed by atoms with E-state index in [-0.39, 0.29) is 53.9 Å². The van der Waals surface area contributed by atoms with Crippen molar-refractivity contribution in [3.05, 3.63) is 23.5 Å². The second kappa shape index (κ2) is 9.30. The molecule has 4 N–H and O–H groups in total. The average Bonchev–Trinajstić information content (AvgIpc) is 2.96. The molecule has 1 aliphatic heterocycles. The van der Waals surface area contributed by atoms with E-state index in [4.69, 9.17) is 18.6 Å². The fourth-order valence-electron chi connectivity index (χ4n) is 2.84. The number of aryl methyl sites for hydroxylation is 1. The number of rotatable bonds is 5. The maximum absolute atomic E-state index is 12.3. The van der Waals surface area contributed by atoms with E-state index in [9.17, 15) is 22.6 Å². The number of furan rings is 1. The van der Waals surface area contributed by atoms with E-state index in [0.717, 1.165) is 6.07 Å². The van der Waals surface area contributed by atoms with Gasteiger partial charge in [0.05, 0.1) is 19.8 Å². The fraction of sp³-hybridized carbons (Fsp3) is 0.412. The van der Waals surface area contributed by atoms with Crippen LogP contribution in [0.2, 0.25) is 0 Å². The molecule has 1 saturated heterocycles. The van der Waals surface area contributed by atoms with Crippen molar-refractivity contribution < 1.29 is 45.4 Å². The number of morpholine rings is 1. The lowest BCUT2D eigenvalue weighted by atomic mass is 10.1. The van der Waals surface area contributed by atoms with E-state index in [1.807, 2.05) is 0 Å². The Morgan fingerprint density at radius 3 is 2.47 bits per heavy atom. The molecule has 0 spiro atoms. The summed E-state index contributed by atoms with van der Waals surface area (Å²) in [5, 5.41) is 0.144. The minimum Gasteiger partial charge on any atom is -0.716 e. The first-order valence-corrected chi connectivity index (χ1v) is 9.97. The molecule has 1 fully saturated rings. The Hall–Kier alpha value is -2.87. The van der Waals surface area contributed by atoms with Crippen molar-refractivity contribution in [3.8, 4) is 11.5 Å². The van der Waals surface area contributed by atoms with Gasteiger partial charge in [-0.05, 0) is 19.9 Å². The zero-order chi connectivity index (χ0) is 21.2. The summed E-state index contributed by atoms with van der Waals surface area (Å²) in [5.41, 5.74) is 0.159. The summed E-state index contributed by atoms with van der Waals surface area (Å²) in [7, 11) is -5.19. The molecule has 2 heterocycles. The van der Waals surface area contributed by atoms with Crippen LogP contribution in [0.4, 0.5) is 4.79 Å². The fourth-order valence-corrected chi connectivity index (χ4v) is 3.19. The molecule has 166 valence electrons. The summed E-state index contributed by atoms with van der Waals surface area (Å²) in [6.07, 6.45) is -0.783. The highest BCUT2D eigenvalue weighted by atomic mass is 32.3. The molecule has 0 saturated carbocycles. The smallest absolute Gasteiger partial charge is 0.415 e. The van der Waals surface area contributed by atoms with Crippen LogP contribution in [0, 0.1) is 6.92 Å². The third-order valence-electron chi connectivity index (χ3n) is 4.07. The molecule has 1 amide bonds. The maximum Gasteiger partial charge on any atom is 0.415 e. The van der Waals surface area contributed by atoms with Crippen molar-refractivity contribution in [2.24, 2.45) is 0 Å². The van der Waals surface area contributed by atoms with Crippen molar-refractivity contribution in [2.45, 2.75) is 13.8 Å². The standard InChI is InChI=1S/C17H19NO10S.H3N/c1-3-25-16(19)15-10(2)26-12-9-13(14(8-11(12)15)28-29(21,22)23)27-17(20)18-4-6-24-7-5-18;/h8-9H,3-7H2,1-2H3,(H,21,22,23);1H3. The minimum atomic E-state index is -5.19. The van der Waals surface area contributed by atoms with Crippen LogP contribution in [0.25, 0.3) is 11.0 Å². The Morgan fingerprint density at radius 2 is 1.87 bits per heavy atom. The van der Waals surface area contributed by atoms with Gasteiger partial charge in [0, 0.05) is 24.5 Å². The van der Waals surface area contributed by atoms with Crippen molar-refractivity contribution >= 4 is 33.4 Å². The first-order chi connectivity index (χ1) is 13.7. The lowest BCUT2D eigenvalue weighted by Crippen LogP contribution is -2.42. The van der Waals surface area contributed by atoms with Crippen LogP contribution in [-0.2, 0) is 19.9 Å². The SMILES string of the molecule is CCOC(=O)c1c(C)oc2cc(OC(=O)N3CCOCC3)c(OS(=O)(=O)[O-])cc12.[NH4+]. The quantitative estimate of drug-likeness (QED) is 0.405. The molecule has 0 unspecified atom stereocenters. The van der Waals surface area contributed by atoms with Gasteiger partial charge in [0.15, 0.2) is 11.5 Å². The number of carbonyl (C=O) groups is 2. The van der Waals surface area contributed by atoms with Crippen LogP contribution in [-0.4, -0.2) is 62.8 Å². The van der Waals surface area contributed by atoms with Gasteiger partial charge >= 0.3 is 12.1 Å². The lowest BCUT2D eigenvalue weighted by Gasteiger charge is -2.26. The summed E-state index contributed by atoms with van der Waals surface area (Å²) >= 11 is 0. The summed E-state index contributed by atoms with van der Waals surface area (Å²) in [4.78, 5) is 25.9. The van der Waals surface area contributed by atoms with Crippen LogP contribution in [0.3, 0.4) is 0 Å². The van der Waals surface area contributed by atoms with E-state index in [1.54, 1.807) is 6.92 Å². The summed E-state index contributed by atoms with van der Waals surface area (Å²) < 4.78 is 58.7. The van der Waals surface area contributed by atoms with Crippen LogP contribution in [0.15, 0.2) is 16.5 Å². The summed E-state index contributed by atoms with van der Waals surface area (Å²) in [5.74, 6) is -1.40. The summed E-state index contributed by atoms with van der Waals surface area (Å²) in [6.45, 7) is 4.46. The van der Waals surface area contributed by atoms with Crippen LogP contribution < -0.4 is 15.1 Å². The number of hydrogen-bond acceptors (Lipinski definition) is 10. The van der Waals surface area contributed by atoms with Crippen LogP contribution in [0.1, 0.15) is 23.0 Å². The van der Waals surface area contributed by atoms with E-state index >= 15 is 0 Å². The predicted molar refractivity (Wildman–Crippen MR) is 102 cm³/mol. The van der Waals surface area contributed by atoms with Gasteiger partial charge in [-0.3, -0.25) is 0 Å². The molecule has 0 atom stereocenters. The number of ether oxygens (including phenoxy) is 3. The van der Waals surface area contributed by atoms with Gasteiger partial charge in [0.2, 0.25) is 0 Å². The van der Waals surface area contributed by atoms with Crippen molar-refractivity contribution in [1.29, 1.82) is 0 Å². The number of nitrogens with zero attached hydrogens (tertiary/aromatic N) is 1. The average molecular weight is 446 g/mol. The number of benzene rings is 1. The Balaban J connectivity index is 0.00000320. The van der Waals surface area contributed by atoms with Gasteiger partial charge in [-0.25, -0.2) is 18.0 Å². The number of hydrogen-bond donors (Lipinski definition) is 1. The van der Waals surface area contributed by atoms with Gasteiger partial charge in [0.25, 0.3) is 10.4 Å². The highest BCUT2D eigenvalue weighted by Gasteiger charge is 2.25. The molecule has 3 rings (SSSR count). The van der Waals surface area contributed by atoms with Crippen molar-refractivity contribution in [1.82, 2.24) is 11.1 Å². The van der Waals surface area contributed by atoms with E-state index in [2.05, 4.69) is 4.18 Å². The van der Waals surface area contributed by atoms with Crippen molar-refractivity contribution in [3.63, 3.8) is 0 Å². The van der Waals surface area contributed by atoms with Gasteiger partial charge < -0.3 is 38.4 Å². The highest BCUT2D eigenvalue weighted by Crippen LogP contribution is 2.37. The molecular weight excluding hydrogens is 424 g/mol. The minimum absolute atomic E-state index is 0. The van der Waals surface area contributed by atoms with Crippen LogP contribution >= 0.6 is 0 Å². The molecule has 0 bridgehead atoms. The highest BCUT2D eigenvalue weighted by molar-refractivity contribution is 7.81. The third-order valence-corrected chi connectivity index (χ3v) is 4.45. The molecule has 30 heavy (non-hydrogen) atoms. The molecule has 0 aliphatic carbocycles. The monoisotopic (exact) mass is 446 g/mol. The molecule has 12 nitrogen and oxygen atoms in total. The van der Waals surface area contributed by atoms with E-state index < -0.39 is 28.2 Å². The van der Waals surface area contributed by atoms with Crippen LogP contribution in [0.5, 0.6) is 11.5 Å². The molecule has 0 radical (unpaired) electrons. The first kappa shape index (κ1) is 23.4. The maximum atomic E-state index is 12.3. The topological polar surface area (TPSA) is 181 Å².